The molecule has 5 nitrogen and oxygen atoms in total. The molecule has 1 N–H and O–H groups in total. The van der Waals surface area contributed by atoms with Gasteiger partial charge >= 0.3 is 0 Å². The van der Waals surface area contributed by atoms with E-state index in [4.69, 9.17) is 9.47 Å². The van der Waals surface area contributed by atoms with Gasteiger partial charge in [0.2, 0.25) is 5.91 Å². The van der Waals surface area contributed by atoms with Crippen LogP contribution in [0.4, 0.5) is 0 Å². The number of aryl methyl sites for hydroxylation is 2. The normalized spacial score (nSPS) is 10.7. The van der Waals surface area contributed by atoms with Crippen LogP contribution in [0, 0.1) is 13.8 Å². The van der Waals surface area contributed by atoms with Crippen molar-refractivity contribution in [2.24, 2.45) is 5.10 Å². The maximum Gasteiger partial charge on any atom is 0.244 e. The molecule has 0 unspecified atom stereocenters. The summed E-state index contributed by atoms with van der Waals surface area (Å²) in [5, 5.41) is 4.01. The van der Waals surface area contributed by atoms with Crippen LogP contribution in [0.15, 0.2) is 41.5 Å². The van der Waals surface area contributed by atoms with Gasteiger partial charge in [-0.25, -0.2) is 5.43 Å². The summed E-state index contributed by atoms with van der Waals surface area (Å²) < 4.78 is 10.4. The van der Waals surface area contributed by atoms with Gasteiger partial charge in [0.25, 0.3) is 0 Å². The van der Waals surface area contributed by atoms with E-state index < -0.39 is 0 Å². The molecule has 0 bridgehead atoms. The Morgan fingerprint density at radius 2 is 1.92 bits per heavy atom. The fourth-order valence-electron chi connectivity index (χ4n) is 2.30. The Morgan fingerprint density at radius 1 is 1.12 bits per heavy atom. The molecule has 0 aliphatic heterocycles. The van der Waals surface area contributed by atoms with Gasteiger partial charge in [-0.1, -0.05) is 23.8 Å². The van der Waals surface area contributed by atoms with E-state index in [1.165, 1.54) is 0 Å². The maximum atomic E-state index is 12.0. The van der Waals surface area contributed by atoms with E-state index in [2.05, 4.69) is 10.5 Å². The molecule has 0 radical (unpaired) electrons. The minimum Gasteiger partial charge on any atom is -0.497 e. The number of nitrogens with one attached hydrogen (secondary N) is 1. The molecule has 0 fully saturated rings. The lowest BCUT2D eigenvalue weighted by atomic mass is 10.0. The molecule has 0 saturated carbocycles. The number of nitrogens with zero attached hydrogens (tertiary/aromatic N) is 1. The number of hydrazone groups is 1. The van der Waals surface area contributed by atoms with Crippen molar-refractivity contribution >= 4 is 12.1 Å². The first kappa shape index (κ1) is 17.5. The molecule has 0 heterocycles. The largest absolute Gasteiger partial charge is 0.497 e. The first-order valence-corrected chi connectivity index (χ1v) is 7.63. The van der Waals surface area contributed by atoms with Gasteiger partial charge in [-0.15, -0.1) is 0 Å². The van der Waals surface area contributed by atoms with Crippen LogP contribution in [0.1, 0.15) is 22.3 Å². The summed E-state index contributed by atoms with van der Waals surface area (Å²) in [6.45, 7) is 4.00. The fourth-order valence-corrected chi connectivity index (χ4v) is 2.30. The number of hydrogen-bond acceptors (Lipinski definition) is 4. The van der Waals surface area contributed by atoms with E-state index in [1.807, 2.05) is 44.2 Å². The van der Waals surface area contributed by atoms with Crippen LogP contribution < -0.4 is 14.9 Å². The highest BCUT2D eigenvalue weighted by atomic mass is 16.5. The number of rotatable bonds is 6. The molecule has 0 aliphatic carbocycles. The predicted molar refractivity (Wildman–Crippen MR) is 94.9 cm³/mol. The molecule has 126 valence electrons. The number of ether oxygens (including phenoxy) is 2. The summed E-state index contributed by atoms with van der Waals surface area (Å²) in [5.41, 5.74) is 6.54. The zero-order valence-electron chi connectivity index (χ0n) is 14.4. The summed E-state index contributed by atoms with van der Waals surface area (Å²) >= 11 is 0. The van der Waals surface area contributed by atoms with Gasteiger partial charge in [-0.3, -0.25) is 4.79 Å². The Hall–Kier alpha value is -2.82. The lowest BCUT2D eigenvalue weighted by molar-refractivity contribution is -0.120. The molecular weight excluding hydrogens is 304 g/mol. The van der Waals surface area contributed by atoms with Gasteiger partial charge in [0, 0.05) is 11.6 Å². The first-order chi connectivity index (χ1) is 11.5. The molecule has 2 aromatic rings. The Bertz CT molecular complexity index is 754. The fraction of sp³-hybridized carbons (Fsp3) is 0.263. The van der Waals surface area contributed by atoms with E-state index >= 15 is 0 Å². The van der Waals surface area contributed by atoms with Crippen molar-refractivity contribution < 1.29 is 14.3 Å². The summed E-state index contributed by atoms with van der Waals surface area (Å²) in [6.07, 6.45) is 1.85. The van der Waals surface area contributed by atoms with E-state index in [9.17, 15) is 4.79 Å². The molecule has 5 heteroatoms. The Kier molecular flexibility index (Phi) is 5.95. The number of amides is 1. The Morgan fingerprint density at radius 3 is 2.62 bits per heavy atom. The van der Waals surface area contributed by atoms with Crippen molar-refractivity contribution in [2.75, 3.05) is 14.2 Å². The van der Waals surface area contributed by atoms with E-state index in [-0.39, 0.29) is 5.91 Å². The first-order valence-electron chi connectivity index (χ1n) is 7.63. The lowest BCUT2D eigenvalue weighted by Gasteiger charge is -2.07. The second-order valence-electron chi connectivity index (χ2n) is 5.51. The van der Waals surface area contributed by atoms with Crippen molar-refractivity contribution in [2.45, 2.75) is 20.3 Å². The van der Waals surface area contributed by atoms with E-state index in [1.54, 1.807) is 26.5 Å². The van der Waals surface area contributed by atoms with Crippen LogP contribution in [-0.4, -0.2) is 26.3 Å². The molecule has 0 spiro atoms. The quantitative estimate of drug-likeness (QED) is 0.656. The molecule has 0 aliphatic rings. The minimum atomic E-state index is -0.160. The average Bonchev–Trinajstić information content (AvgIpc) is 2.58. The summed E-state index contributed by atoms with van der Waals surface area (Å²) in [4.78, 5) is 12.0. The number of carbonyl (C=O) groups is 1. The number of benzene rings is 2. The molecule has 0 saturated heterocycles. The van der Waals surface area contributed by atoms with Crippen LogP contribution in [0.25, 0.3) is 0 Å². The second-order valence-corrected chi connectivity index (χ2v) is 5.51. The maximum absolute atomic E-state index is 12.0. The number of methoxy groups -OCH3 is 2. The third kappa shape index (κ3) is 4.59. The standard InChI is InChI=1S/C19H22N2O3/c1-13-5-6-14(2)16(9-13)10-19(22)21-20-12-15-7-8-17(23-3)11-18(15)24-4/h5-9,11-12H,10H2,1-4H3,(H,21,22)/b20-12+. The minimum absolute atomic E-state index is 0.160. The van der Waals surface area contributed by atoms with Crippen LogP contribution in [0.2, 0.25) is 0 Å². The van der Waals surface area contributed by atoms with Gasteiger partial charge in [0.15, 0.2) is 0 Å². The zero-order chi connectivity index (χ0) is 17.5. The van der Waals surface area contributed by atoms with Crippen molar-refractivity contribution in [3.05, 3.63) is 58.7 Å². The van der Waals surface area contributed by atoms with E-state index in [0.717, 1.165) is 22.3 Å². The van der Waals surface area contributed by atoms with Gasteiger partial charge < -0.3 is 9.47 Å². The monoisotopic (exact) mass is 326 g/mol. The van der Waals surface area contributed by atoms with Gasteiger partial charge in [-0.05, 0) is 37.1 Å². The third-order valence-corrected chi connectivity index (χ3v) is 3.69. The molecular formula is C19H22N2O3. The molecule has 1 amide bonds. The predicted octanol–water partition coefficient (Wildman–Crippen LogP) is 3.01. The Balaban J connectivity index is 2.01. The molecule has 2 rings (SSSR count). The molecule has 24 heavy (non-hydrogen) atoms. The molecule has 0 aromatic heterocycles. The van der Waals surface area contributed by atoms with Gasteiger partial charge in [0.1, 0.15) is 11.5 Å². The number of hydrogen-bond donors (Lipinski definition) is 1. The molecule has 2 aromatic carbocycles. The number of carbonyl (C=O) groups excluding carboxylic acids is 1. The highest BCUT2D eigenvalue weighted by Crippen LogP contribution is 2.23. The van der Waals surface area contributed by atoms with Crippen LogP contribution in [-0.2, 0) is 11.2 Å². The van der Waals surface area contributed by atoms with Crippen molar-refractivity contribution in [1.82, 2.24) is 5.43 Å². The van der Waals surface area contributed by atoms with Crippen LogP contribution >= 0.6 is 0 Å². The second kappa shape index (κ2) is 8.15. The van der Waals surface area contributed by atoms with Gasteiger partial charge in [0.05, 0.1) is 26.9 Å². The topological polar surface area (TPSA) is 59.9 Å². The van der Waals surface area contributed by atoms with Crippen molar-refractivity contribution in [3.63, 3.8) is 0 Å². The zero-order valence-corrected chi connectivity index (χ0v) is 14.4. The summed E-state index contributed by atoms with van der Waals surface area (Å²) in [6, 6.07) is 11.5. The van der Waals surface area contributed by atoms with Crippen molar-refractivity contribution in [1.29, 1.82) is 0 Å². The highest BCUT2D eigenvalue weighted by Gasteiger charge is 2.06. The SMILES string of the molecule is COc1ccc(/C=N/NC(=O)Cc2cc(C)ccc2C)c(OC)c1. The van der Waals surface area contributed by atoms with Crippen molar-refractivity contribution in [3.8, 4) is 11.5 Å². The van der Waals surface area contributed by atoms with Crippen LogP contribution in [0.3, 0.4) is 0 Å². The Labute approximate surface area is 142 Å². The highest BCUT2D eigenvalue weighted by molar-refractivity contribution is 5.86. The summed E-state index contributed by atoms with van der Waals surface area (Å²) in [7, 11) is 3.17. The van der Waals surface area contributed by atoms with Gasteiger partial charge in [-0.2, -0.15) is 5.10 Å². The summed E-state index contributed by atoms with van der Waals surface area (Å²) in [5.74, 6) is 1.16. The smallest absolute Gasteiger partial charge is 0.244 e. The average molecular weight is 326 g/mol. The molecule has 0 atom stereocenters. The van der Waals surface area contributed by atoms with E-state index in [0.29, 0.717) is 17.9 Å². The van der Waals surface area contributed by atoms with Crippen LogP contribution in [0.5, 0.6) is 11.5 Å². The lowest BCUT2D eigenvalue weighted by Crippen LogP contribution is -2.20. The third-order valence-electron chi connectivity index (χ3n) is 3.69.